The van der Waals surface area contributed by atoms with Gasteiger partial charge in [0.15, 0.2) is 0 Å². The molecule has 0 amide bonds. The lowest BCUT2D eigenvalue weighted by molar-refractivity contribution is -0.137. The third-order valence-electron chi connectivity index (χ3n) is 2.73. The topological polar surface area (TPSA) is 50.2 Å². The van der Waals surface area contributed by atoms with Crippen molar-refractivity contribution < 1.29 is 27.5 Å². The van der Waals surface area contributed by atoms with E-state index in [1.165, 1.54) is 0 Å². The van der Waals surface area contributed by atoms with Crippen LogP contribution in [0.15, 0.2) is 18.2 Å². The molecule has 2 rings (SSSR count). The lowest BCUT2D eigenvalue weighted by Crippen LogP contribution is -2.07. The lowest BCUT2D eigenvalue weighted by Gasteiger charge is -2.09. The maximum Gasteiger partial charge on any atom is 0.416 e. The average molecular weight is 319 g/mol. The third-order valence-corrected chi connectivity index (χ3v) is 3.73. The summed E-state index contributed by atoms with van der Waals surface area (Å²) in [6.07, 6.45) is -4.89. The van der Waals surface area contributed by atoms with Crippen LogP contribution in [0.1, 0.15) is 31.5 Å². The van der Waals surface area contributed by atoms with E-state index in [1.807, 2.05) is 0 Å². The van der Waals surface area contributed by atoms with Crippen molar-refractivity contribution in [1.29, 1.82) is 0 Å². The number of nitrogens with zero attached hydrogens (tertiary/aromatic N) is 1. The molecule has 0 atom stereocenters. The number of carbonyl (C=O) groups is 1. The van der Waals surface area contributed by atoms with E-state index in [2.05, 4.69) is 4.98 Å². The van der Waals surface area contributed by atoms with E-state index in [0.717, 1.165) is 17.4 Å². The Kier molecular flexibility index (Phi) is 3.99. The maximum absolute atomic E-state index is 13.6. The van der Waals surface area contributed by atoms with Gasteiger partial charge in [0, 0.05) is 6.42 Å². The molecule has 0 spiro atoms. The molecule has 3 nitrogen and oxygen atoms in total. The van der Waals surface area contributed by atoms with Gasteiger partial charge in [0.25, 0.3) is 0 Å². The van der Waals surface area contributed by atoms with E-state index in [9.17, 15) is 22.4 Å². The van der Waals surface area contributed by atoms with E-state index >= 15 is 0 Å². The van der Waals surface area contributed by atoms with Crippen LogP contribution < -0.4 is 0 Å². The standard InChI is InChI=1S/C13H9F4NO2S/c1-6-18-10(11(21-6)12(19)20)5-7-4-8(13(15,16)17)2-3-9(7)14/h2-4H,5H2,1H3,(H,19,20). The highest BCUT2D eigenvalue weighted by Gasteiger charge is 2.31. The second-order valence-corrected chi connectivity index (χ2v) is 5.50. The smallest absolute Gasteiger partial charge is 0.416 e. The van der Waals surface area contributed by atoms with Gasteiger partial charge >= 0.3 is 12.1 Å². The number of aromatic carboxylic acids is 1. The number of hydrogen-bond donors (Lipinski definition) is 1. The fraction of sp³-hybridized carbons (Fsp3) is 0.231. The van der Waals surface area contributed by atoms with Crippen molar-refractivity contribution in [1.82, 2.24) is 4.98 Å². The number of hydrogen-bond acceptors (Lipinski definition) is 3. The van der Waals surface area contributed by atoms with Crippen LogP contribution in [0.25, 0.3) is 0 Å². The molecular formula is C13H9F4NO2S. The van der Waals surface area contributed by atoms with Crippen molar-refractivity contribution in [2.75, 3.05) is 0 Å². The third kappa shape index (κ3) is 3.38. The summed E-state index contributed by atoms with van der Waals surface area (Å²) in [5.41, 5.74) is -1.16. The number of carboxylic acids is 1. The summed E-state index contributed by atoms with van der Waals surface area (Å²) in [5.74, 6) is -2.06. The van der Waals surface area contributed by atoms with Crippen molar-refractivity contribution in [3.8, 4) is 0 Å². The summed E-state index contributed by atoms with van der Waals surface area (Å²) < 4.78 is 51.5. The molecule has 0 radical (unpaired) electrons. The number of benzene rings is 1. The minimum atomic E-state index is -4.59. The first-order valence-electron chi connectivity index (χ1n) is 5.73. The van der Waals surface area contributed by atoms with Crippen molar-refractivity contribution in [3.63, 3.8) is 0 Å². The Morgan fingerprint density at radius 3 is 2.62 bits per heavy atom. The molecule has 2 aromatic rings. The molecule has 8 heteroatoms. The number of alkyl halides is 3. The zero-order valence-corrected chi connectivity index (χ0v) is 11.5. The molecule has 1 heterocycles. The number of aromatic nitrogens is 1. The van der Waals surface area contributed by atoms with Gasteiger partial charge in [0.05, 0.1) is 16.3 Å². The number of rotatable bonds is 3. The molecule has 0 aliphatic carbocycles. The summed E-state index contributed by atoms with van der Waals surface area (Å²) in [4.78, 5) is 14.9. The molecule has 0 bridgehead atoms. The maximum atomic E-state index is 13.6. The van der Waals surface area contributed by atoms with Crippen LogP contribution in [0.3, 0.4) is 0 Å². The highest BCUT2D eigenvalue weighted by Crippen LogP contribution is 2.31. The Balaban J connectivity index is 2.42. The van der Waals surface area contributed by atoms with E-state index in [0.29, 0.717) is 17.1 Å². The predicted octanol–water partition coefficient (Wildman–Crippen LogP) is 3.90. The highest BCUT2D eigenvalue weighted by atomic mass is 32.1. The second-order valence-electron chi connectivity index (χ2n) is 4.29. The number of halogens is 4. The highest BCUT2D eigenvalue weighted by molar-refractivity contribution is 7.13. The van der Waals surface area contributed by atoms with Gasteiger partial charge in [0.2, 0.25) is 0 Å². The van der Waals surface area contributed by atoms with E-state index in [1.54, 1.807) is 6.92 Å². The molecule has 1 aromatic heterocycles. The first kappa shape index (κ1) is 15.4. The zero-order valence-electron chi connectivity index (χ0n) is 10.7. The Morgan fingerprint density at radius 2 is 2.05 bits per heavy atom. The normalized spacial score (nSPS) is 11.7. The molecule has 21 heavy (non-hydrogen) atoms. The summed E-state index contributed by atoms with van der Waals surface area (Å²) in [7, 11) is 0. The summed E-state index contributed by atoms with van der Waals surface area (Å²) in [6.45, 7) is 1.57. The van der Waals surface area contributed by atoms with Gasteiger partial charge in [-0.05, 0) is 30.7 Å². The number of aryl methyl sites for hydroxylation is 1. The Labute approximate surface area is 120 Å². The number of thiazole rings is 1. The fourth-order valence-corrected chi connectivity index (χ4v) is 2.60. The van der Waals surface area contributed by atoms with Crippen LogP contribution in [-0.2, 0) is 12.6 Å². The van der Waals surface area contributed by atoms with Crippen LogP contribution in [-0.4, -0.2) is 16.1 Å². The minimum Gasteiger partial charge on any atom is -0.477 e. The summed E-state index contributed by atoms with van der Waals surface area (Å²) in [6, 6.07) is 2.04. The van der Waals surface area contributed by atoms with Gasteiger partial charge in [-0.2, -0.15) is 13.2 Å². The minimum absolute atomic E-state index is 0.0585. The van der Waals surface area contributed by atoms with Gasteiger partial charge in [-0.3, -0.25) is 0 Å². The fourth-order valence-electron chi connectivity index (χ4n) is 1.82. The van der Waals surface area contributed by atoms with Gasteiger partial charge in [-0.15, -0.1) is 11.3 Å². The molecule has 112 valence electrons. The molecule has 0 unspecified atom stereocenters. The predicted molar refractivity (Wildman–Crippen MR) is 68.0 cm³/mol. The molecular weight excluding hydrogens is 310 g/mol. The molecule has 0 aliphatic rings. The first-order valence-corrected chi connectivity index (χ1v) is 6.55. The van der Waals surface area contributed by atoms with Crippen molar-refractivity contribution >= 4 is 17.3 Å². The zero-order chi connectivity index (χ0) is 15.8. The van der Waals surface area contributed by atoms with Crippen molar-refractivity contribution in [2.45, 2.75) is 19.5 Å². The van der Waals surface area contributed by atoms with Gasteiger partial charge < -0.3 is 5.11 Å². The van der Waals surface area contributed by atoms with Crippen molar-refractivity contribution in [3.05, 3.63) is 50.7 Å². The largest absolute Gasteiger partial charge is 0.477 e. The Hall–Kier alpha value is -1.96. The van der Waals surface area contributed by atoms with Crippen LogP contribution in [0, 0.1) is 12.7 Å². The Morgan fingerprint density at radius 1 is 1.38 bits per heavy atom. The van der Waals surface area contributed by atoms with Crippen LogP contribution >= 0.6 is 11.3 Å². The molecule has 1 N–H and O–H groups in total. The van der Waals surface area contributed by atoms with Crippen molar-refractivity contribution in [2.24, 2.45) is 0 Å². The molecule has 0 saturated heterocycles. The molecule has 0 aliphatic heterocycles. The quantitative estimate of drug-likeness (QED) is 0.873. The first-order chi connectivity index (χ1) is 9.68. The SMILES string of the molecule is Cc1nc(Cc2cc(C(F)(F)F)ccc2F)c(C(=O)O)s1. The van der Waals surface area contributed by atoms with Gasteiger partial charge in [-0.25, -0.2) is 14.2 Å². The monoisotopic (exact) mass is 319 g/mol. The van der Waals surface area contributed by atoms with Crippen LogP contribution in [0.2, 0.25) is 0 Å². The Bertz CT molecular complexity index is 694. The lowest BCUT2D eigenvalue weighted by atomic mass is 10.0. The second kappa shape index (κ2) is 5.44. The molecule has 0 fully saturated rings. The van der Waals surface area contributed by atoms with E-state index in [-0.39, 0.29) is 22.6 Å². The van der Waals surface area contributed by atoms with E-state index in [4.69, 9.17) is 5.11 Å². The van der Waals surface area contributed by atoms with Gasteiger partial charge in [-0.1, -0.05) is 0 Å². The average Bonchev–Trinajstić information content (AvgIpc) is 2.72. The molecule has 0 saturated carbocycles. The summed E-state index contributed by atoms with van der Waals surface area (Å²) in [5, 5.41) is 9.46. The van der Waals surface area contributed by atoms with Gasteiger partial charge in [0.1, 0.15) is 10.7 Å². The molecule has 1 aromatic carbocycles. The number of carboxylic acid groups (broad SMARTS) is 1. The van der Waals surface area contributed by atoms with E-state index < -0.39 is 23.5 Å². The van der Waals surface area contributed by atoms with Crippen LogP contribution in [0.4, 0.5) is 17.6 Å². The summed E-state index contributed by atoms with van der Waals surface area (Å²) >= 11 is 0.902. The van der Waals surface area contributed by atoms with Crippen LogP contribution in [0.5, 0.6) is 0 Å².